The van der Waals surface area contributed by atoms with Crippen molar-refractivity contribution in [3.63, 3.8) is 0 Å². The van der Waals surface area contributed by atoms with Crippen molar-refractivity contribution in [2.75, 3.05) is 14.2 Å². The van der Waals surface area contributed by atoms with Crippen LogP contribution in [-0.2, 0) is 0 Å². The van der Waals surface area contributed by atoms with Gasteiger partial charge in [0.1, 0.15) is 0 Å². The molecule has 0 aliphatic rings. The molecule has 130 valence electrons. The SMILES string of the molecule is COc1ccc(C(C)NC(=O)c2nc3nccc(C)n3n2)cc1OC. The Bertz CT molecular complexity index is 922. The average molecular weight is 341 g/mol. The average Bonchev–Trinajstić information content (AvgIpc) is 3.07. The Morgan fingerprint density at radius 2 is 1.96 bits per heavy atom. The predicted molar refractivity (Wildman–Crippen MR) is 90.9 cm³/mol. The molecule has 3 rings (SSSR count). The van der Waals surface area contributed by atoms with Crippen LogP contribution in [-0.4, -0.2) is 39.7 Å². The number of methoxy groups -OCH3 is 2. The lowest BCUT2D eigenvalue weighted by molar-refractivity contribution is 0.0929. The lowest BCUT2D eigenvalue weighted by Gasteiger charge is -2.15. The monoisotopic (exact) mass is 341 g/mol. The summed E-state index contributed by atoms with van der Waals surface area (Å²) in [5, 5.41) is 7.09. The Hall–Kier alpha value is -3.16. The van der Waals surface area contributed by atoms with E-state index >= 15 is 0 Å². The summed E-state index contributed by atoms with van der Waals surface area (Å²) in [4.78, 5) is 20.7. The van der Waals surface area contributed by atoms with E-state index in [1.54, 1.807) is 32.5 Å². The van der Waals surface area contributed by atoms with Gasteiger partial charge in [-0.25, -0.2) is 9.50 Å². The minimum Gasteiger partial charge on any atom is -0.493 e. The van der Waals surface area contributed by atoms with Crippen LogP contribution in [0.3, 0.4) is 0 Å². The zero-order valence-electron chi connectivity index (χ0n) is 14.5. The lowest BCUT2D eigenvalue weighted by atomic mass is 10.1. The van der Waals surface area contributed by atoms with Gasteiger partial charge in [0, 0.05) is 11.9 Å². The molecular weight excluding hydrogens is 322 g/mol. The van der Waals surface area contributed by atoms with E-state index in [0.717, 1.165) is 11.3 Å². The van der Waals surface area contributed by atoms with Gasteiger partial charge in [-0.2, -0.15) is 4.98 Å². The molecule has 0 spiro atoms. The summed E-state index contributed by atoms with van der Waals surface area (Å²) in [6.45, 7) is 3.75. The molecule has 1 unspecified atom stereocenters. The van der Waals surface area contributed by atoms with E-state index in [-0.39, 0.29) is 17.8 Å². The second-order valence-electron chi connectivity index (χ2n) is 5.54. The zero-order chi connectivity index (χ0) is 18.0. The Labute approximate surface area is 144 Å². The van der Waals surface area contributed by atoms with Crippen LogP contribution in [0.2, 0.25) is 0 Å². The fraction of sp³-hybridized carbons (Fsp3) is 0.294. The molecule has 0 saturated carbocycles. The highest BCUT2D eigenvalue weighted by molar-refractivity contribution is 5.91. The molecule has 0 aliphatic heterocycles. The molecule has 1 amide bonds. The van der Waals surface area contributed by atoms with Crippen LogP contribution < -0.4 is 14.8 Å². The van der Waals surface area contributed by atoms with Crippen LogP contribution in [0, 0.1) is 6.92 Å². The van der Waals surface area contributed by atoms with Gasteiger partial charge in [0.2, 0.25) is 5.82 Å². The summed E-state index contributed by atoms with van der Waals surface area (Å²) in [6.07, 6.45) is 1.63. The number of benzene rings is 1. The summed E-state index contributed by atoms with van der Waals surface area (Å²) in [7, 11) is 3.15. The number of hydrogen-bond acceptors (Lipinski definition) is 6. The van der Waals surface area contributed by atoms with Crippen molar-refractivity contribution in [3.8, 4) is 11.5 Å². The van der Waals surface area contributed by atoms with Gasteiger partial charge in [0.15, 0.2) is 11.5 Å². The van der Waals surface area contributed by atoms with Crippen molar-refractivity contribution >= 4 is 11.7 Å². The lowest BCUT2D eigenvalue weighted by Crippen LogP contribution is -2.27. The van der Waals surface area contributed by atoms with Gasteiger partial charge in [0.05, 0.1) is 20.3 Å². The van der Waals surface area contributed by atoms with Crippen LogP contribution in [0.1, 0.15) is 34.8 Å². The van der Waals surface area contributed by atoms with Crippen molar-refractivity contribution in [1.29, 1.82) is 0 Å². The Morgan fingerprint density at radius 1 is 1.20 bits per heavy atom. The number of rotatable bonds is 5. The fourth-order valence-corrected chi connectivity index (χ4v) is 2.47. The highest BCUT2D eigenvalue weighted by atomic mass is 16.5. The third-order valence-corrected chi connectivity index (χ3v) is 3.89. The molecule has 2 aromatic heterocycles. The molecule has 0 fully saturated rings. The van der Waals surface area contributed by atoms with E-state index in [2.05, 4.69) is 20.4 Å². The van der Waals surface area contributed by atoms with Crippen molar-refractivity contribution in [3.05, 3.63) is 47.5 Å². The highest BCUT2D eigenvalue weighted by Crippen LogP contribution is 2.29. The van der Waals surface area contributed by atoms with E-state index in [1.165, 1.54) is 4.52 Å². The smallest absolute Gasteiger partial charge is 0.291 e. The summed E-state index contributed by atoms with van der Waals surface area (Å²) < 4.78 is 12.1. The molecule has 0 bridgehead atoms. The first-order chi connectivity index (χ1) is 12.0. The quantitative estimate of drug-likeness (QED) is 0.763. The van der Waals surface area contributed by atoms with Crippen molar-refractivity contribution in [2.45, 2.75) is 19.9 Å². The molecule has 1 aromatic carbocycles. The molecule has 8 heteroatoms. The van der Waals surface area contributed by atoms with E-state index in [0.29, 0.717) is 17.3 Å². The topological polar surface area (TPSA) is 90.6 Å². The molecule has 8 nitrogen and oxygen atoms in total. The summed E-state index contributed by atoms with van der Waals surface area (Å²) in [5.41, 5.74) is 1.73. The maximum Gasteiger partial charge on any atom is 0.291 e. The number of hydrogen-bond donors (Lipinski definition) is 1. The van der Waals surface area contributed by atoms with Gasteiger partial charge in [-0.3, -0.25) is 4.79 Å². The Morgan fingerprint density at radius 3 is 2.64 bits per heavy atom. The molecule has 0 radical (unpaired) electrons. The second-order valence-corrected chi connectivity index (χ2v) is 5.54. The summed E-state index contributed by atoms with van der Waals surface area (Å²) >= 11 is 0. The van der Waals surface area contributed by atoms with Crippen molar-refractivity contribution < 1.29 is 14.3 Å². The Kier molecular flexibility index (Phi) is 4.51. The largest absolute Gasteiger partial charge is 0.493 e. The molecule has 1 N–H and O–H groups in total. The number of nitrogens with zero attached hydrogens (tertiary/aromatic N) is 4. The van der Waals surface area contributed by atoms with Crippen LogP contribution in [0.4, 0.5) is 0 Å². The first-order valence-electron chi connectivity index (χ1n) is 7.74. The first kappa shape index (κ1) is 16.7. The third-order valence-electron chi connectivity index (χ3n) is 3.89. The van der Waals surface area contributed by atoms with Gasteiger partial charge in [-0.05, 0) is 37.6 Å². The number of aryl methyl sites for hydroxylation is 1. The second kappa shape index (κ2) is 6.76. The van der Waals surface area contributed by atoms with E-state index in [4.69, 9.17) is 9.47 Å². The highest BCUT2D eigenvalue weighted by Gasteiger charge is 2.18. The number of carbonyl (C=O) groups is 1. The fourth-order valence-electron chi connectivity index (χ4n) is 2.47. The standard InChI is InChI=1S/C17H19N5O3/c1-10-7-8-18-17-20-15(21-22(10)17)16(23)19-11(2)12-5-6-13(24-3)14(9-12)25-4/h5-9,11H,1-4H3,(H,19,23). The third kappa shape index (κ3) is 3.23. The summed E-state index contributed by atoms with van der Waals surface area (Å²) in [6, 6.07) is 7.04. The first-order valence-corrected chi connectivity index (χ1v) is 7.74. The number of fused-ring (bicyclic) bond motifs is 1. The normalized spacial score (nSPS) is 12.0. The maximum absolute atomic E-state index is 12.5. The Balaban J connectivity index is 1.80. The van der Waals surface area contributed by atoms with E-state index in [9.17, 15) is 4.79 Å². The van der Waals surface area contributed by atoms with Gasteiger partial charge < -0.3 is 14.8 Å². The van der Waals surface area contributed by atoms with E-state index < -0.39 is 0 Å². The maximum atomic E-state index is 12.5. The molecular formula is C17H19N5O3. The molecule has 1 atom stereocenters. The molecule has 0 saturated heterocycles. The minimum atomic E-state index is -0.368. The number of ether oxygens (including phenoxy) is 2. The van der Waals surface area contributed by atoms with Crippen LogP contribution in [0.25, 0.3) is 5.78 Å². The molecule has 0 aliphatic carbocycles. The minimum absolute atomic E-state index is 0.0779. The van der Waals surface area contributed by atoms with Gasteiger partial charge >= 0.3 is 0 Å². The molecule has 2 heterocycles. The summed E-state index contributed by atoms with van der Waals surface area (Å²) in [5.74, 6) is 1.34. The van der Waals surface area contributed by atoms with E-state index in [1.807, 2.05) is 26.0 Å². The van der Waals surface area contributed by atoms with Gasteiger partial charge in [0.25, 0.3) is 11.7 Å². The zero-order valence-corrected chi connectivity index (χ0v) is 14.5. The van der Waals surface area contributed by atoms with Crippen LogP contribution in [0.5, 0.6) is 11.5 Å². The number of aromatic nitrogens is 4. The van der Waals surface area contributed by atoms with Crippen molar-refractivity contribution in [1.82, 2.24) is 24.9 Å². The number of carbonyl (C=O) groups excluding carboxylic acids is 1. The molecule has 3 aromatic rings. The van der Waals surface area contributed by atoms with Crippen molar-refractivity contribution in [2.24, 2.45) is 0 Å². The van der Waals surface area contributed by atoms with Crippen LogP contribution in [0.15, 0.2) is 30.5 Å². The number of nitrogens with one attached hydrogen (secondary N) is 1. The van der Waals surface area contributed by atoms with Gasteiger partial charge in [-0.15, -0.1) is 5.10 Å². The molecule has 25 heavy (non-hydrogen) atoms. The predicted octanol–water partition coefficient (Wildman–Crippen LogP) is 1.94. The van der Waals surface area contributed by atoms with Crippen LogP contribution >= 0.6 is 0 Å². The van der Waals surface area contributed by atoms with Gasteiger partial charge in [-0.1, -0.05) is 6.07 Å². The number of amides is 1.